The lowest BCUT2D eigenvalue weighted by molar-refractivity contribution is -0.194. The first kappa shape index (κ1) is 31.6. The number of hydrogen-bond acceptors (Lipinski definition) is 9. The van der Waals surface area contributed by atoms with Crippen molar-refractivity contribution >= 4 is 44.4 Å². The number of anilines is 2. The summed E-state index contributed by atoms with van der Waals surface area (Å²) in [7, 11) is 0. The molecular formula is C37H39N7O4S. The molecule has 1 amide bonds. The number of fused-ring (bicyclic) bond motifs is 4. The maximum atomic E-state index is 13.5. The number of amides is 1. The summed E-state index contributed by atoms with van der Waals surface area (Å²) >= 11 is 1.44. The van der Waals surface area contributed by atoms with Gasteiger partial charge in [0.15, 0.2) is 10.8 Å². The van der Waals surface area contributed by atoms with Gasteiger partial charge in [0.05, 0.1) is 34.2 Å². The Morgan fingerprint density at radius 3 is 2.61 bits per heavy atom. The zero-order chi connectivity index (χ0) is 33.9. The first-order chi connectivity index (χ1) is 23.6. The van der Waals surface area contributed by atoms with Gasteiger partial charge in [0.1, 0.15) is 11.5 Å². The number of benzene rings is 2. The predicted molar refractivity (Wildman–Crippen MR) is 188 cm³/mol. The maximum absolute atomic E-state index is 13.5. The van der Waals surface area contributed by atoms with Gasteiger partial charge in [-0.25, -0.2) is 19.4 Å². The zero-order valence-corrected chi connectivity index (χ0v) is 28.7. The van der Waals surface area contributed by atoms with E-state index in [2.05, 4.69) is 39.4 Å². The van der Waals surface area contributed by atoms with Gasteiger partial charge >= 0.3 is 5.97 Å². The number of aromatic carboxylic acids is 1. The zero-order valence-electron chi connectivity index (χ0n) is 27.8. The number of thiazole rings is 1. The number of carboxylic acid groups (broad SMARTS) is 1. The molecule has 2 N–H and O–H groups in total. The molecule has 5 aromatic rings. The number of carboxylic acids is 1. The van der Waals surface area contributed by atoms with Crippen LogP contribution in [0.2, 0.25) is 0 Å². The first-order valence-electron chi connectivity index (χ1n) is 17.0. The molecular weight excluding hydrogens is 639 g/mol. The minimum Gasteiger partial charge on any atom is -0.476 e. The normalized spacial score (nSPS) is 23.3. The average molecular weight is 678 g/mol. The van der Waals surface area contributed by atoms with E-state index in [0.29, 0.717) is 65.7 Å². The highest BCUT2D eigenvalue weighted by Crippen LogP contribution is 2.45. The molecule has 2 fully saturated rings. The molecule has 3 aliphatic heterocycles. The van der Waals surface area contributed by atoms with Crippen LogP contribution in [0.25, 0.3) is 21.5 Å². The van der Waals surface area contributed by atoms with Gasteiger partial charge in [0.2, 0.25) is 0 Å². The van der Waals surface area contributed by atoms with Crippen LogP contribution in [0, 0.1) is 18.8 Å². The largest absolute Gasteiger partial charge is 0.476 e. The van der Waals surface area contributed by atoms with Crippen molar-refractivity contribution in [2.24, 2.45) is 11.8 Å². The van der Waals surface area contributed by atoms with Crippen LogP contribution < -0.4 is 10.2 Å². The molecule has 0 spiro atoms. The second-order valence-electron chi connectivity index (χ2n) is 14.1. The standard InChI is InChI=1S/C37H39N7O4S/c1-21-15-25-16-22(2)18-37(17-21,48-25)20-44-23(3)32(41-42-44)27-11-12-31(39-33(27)35(46)47)43-14-13-24-7-6-8-26(28(24)19-43)34(45)40-36-38-29-9-4-5-10-30(29)49-36/h4-12,21-22,25H,13-20H2,1-3H3,(H,46,47)(H,38,40,45). The molecule has 252 valence electrons. The van der Waals surface area contributed by atoms with E-state index in [-0.39, 0.29) is 23.3 Å². The number of ether oxygens (including phenoxy) is 1. The molecule has 0 saturated carbocycles. The predicted octanol–water partition coefficient (Wildman–Crippen LogP) is 6.76. The van der Waals surface area contributed by atoms with E-state index >= 15 is 0 Å². The summed E-state index contributed by atoms with van der Waals surface area (Å²) in [6.07, 6.45) is 5.10. The topological polar surface area (TPSA) is 135 Å². The summed E-state index contributed by atoms with van der Waals surface area (Å²) in [5.74, 6) is 0.332. The number of hydrogen-bond donors (Lipinski definition) is 2. The van der Waals surface area contributed by atoms with Crippen LogP contribution in [-0.4, -0.2) is 60.2 Å². The van der Waals surface area contributed by atoms with E-state index < -0.39 is 5.97 Å². The van der Waals surface area contributed by atoms with E-state index in [1.165, 1.54) is 11.3 Å². The number of carbonyl (C=O) groups excluding carboxylic acids is 1. The lowest BCUT2D eigenvalue weighted by atomic mass is 9.73. The van der Waals surface area contributed by atoms with Gasteiger partial charge in [-0.3, -0.25) is 10.1 Å². The van der Waals surface area contributed by atoms with Gasteiger partial charge in [-0.1, -0.05) is 54.7 Å². The Balaban J connectivity index is 1.04. The number of aromatic nitrogens is 5. The molecule has 0 aliphatic carbocycles. The van der Waals surface area contributed by atoms with E-state index in [9.17, 15) is 14.7 Å². The highest BCUT2D eigenvalue weighted by atomic mass is 32.1. The monoisotopic (exact) mass is 677 g/mol. The van der Waals surface area contributed by atoms with Gasteiger partial charge in [0.25, 0.3) is 5.91 Å². The van der Waals surface area contributed by atoms with Crippen molar-refractivity contribution in [3.8, 4) is 11.3 Å². The summed E-state index contributed by atoms with van der Waals surface area (Å²) in [5, 5.41) is 22.8. The Labute approximate surface area is 288 Å². The molecule has 11 nitrogen and oxygen atoms in total. The Morgan fingerprint density at radius 1 is 1.04 bits per heavy atom. The Hall–Kier alpha value is -4.68. The van der Waals surface area contributed by atoms with E-state index in [4.69, 9.17) is 4.74 Å². The maximum Gasteiger partial charge on any atom is 0.355 e. The molecule has 6 heterocycles. The van der Waals surface area contributed by atoms with Crippen molar-refractivity contribution in [3.63, 3.8) is 0 Å². The van der Waals surface area contributed by atoms with Crippen LogP contribution in [-0.2, 0) is 24.2 Å². The van der Waals surface area contributed by atoms with Crippen molar-refractivity contribution in [2.45, 2.75) is 77.7 Å². The number of nitrogens with one attached hydrogen (secondary N) is 1. The third kappa shape index (κ3) is 5.97. The molecule has 2 saturated heterocycles. The van der Waals surface area contributed by atoms with Crippen LogP contribution >= 0.6 is 11.3 Å². The number of para-hydroxylation sites is 1. The number of carbonyl (C=O) groups is 2. The fraction of sp³-hybridized carbons (Fsp3) is 0.405. The highest BCUT2D eigenvalue weighted by Gasteiger charge is 2.46. The molecule has 2 bridgehead atoms. The van der Waals surface area contributed by atoms with Crippen LogP contribution in [0.4, 0.5) is 10.9 Å². The minimum atomic E-state index is -1.13. The Bertz CT molecular complexity index is 2040. The number of nitrogens with zero attached hydrogens (tertiary/aromatic N) is 6. The van der Waals surface area contributed by atoms with Crippen molar-refractivity contribution < 1.29 is 19.4 Å². The van der Waals surface area contributed by atoms with Crippen LogP contribution in [0.1, 0.15) is 77.2 Å². The molecule has 0 radical (unpaired) electrons. The van der Waals surface area contributed by atoms with E-state index in [1.807, 2.05) is 65.0 Å². The van der Waals surface area contributed by atoms with Crippen LogP contribution in [0.3, 0.4) is 0 Å². The summed E-state index contributed by atoms with van der Waals surface area (Å²) in [6.45, 7) is 8.17. The molecule has 3 aliphatic rings. The van der Waals surface area contributed by atoms with Gasteiger partial charge in [0, 0.05) is 24.2 Å². The van der Waals surface area contributed by atoms with Gasteiger partial charge in [-0.05, 0) is 92.3 Å². The molecule has 2 aromatic carbocycles. The molecule has 8 rings (SSSR count). The smallest absolute Gasteiger partial charge is 0.355 e. The summed E-state index contributed by atoms with van der Waals surface area (Å²) in [6, 6.07) is 17.2. The van der Waals surface area contributed by atoms with Crippen molar-refractivity contribution in [1.82, 2.24) is 25.0 Å². The van der Waals surface area contributed by atoms with E-state index in [0.717, 1.165) is 52.7 Å². The SMILES string of the molecule is Cc1c(-c2ccc(N3CCc4cccc(C(=O)Nc5nc6ccccc6s5)c4C3)nc2C(=O)O)nnn1CC12CC(C)CC(CC(C)C1)O2. The van der Waals surface area contributed by atoms with Crippen LogP contribution in [0.5, 0.6) is 0 Å². The molecule has 2 unspecified atom stereocenters. The Kier molecular flexibility index (Phi) is 7.95. The lowest BCUT2D eigenvalue weighted by Crippen LogP contribution is -2.51. The lowest BCUT2D eigenvalue weighted by Gasteiger charge is -2.50. The molecule has 49 heavy (non-hydrogen) atoms. The summed E-state index contributed by atoms with van der Waals surface area (Å²) in [4.78, 5) is 37.4. The number of rotatable bonds is 7. The van der Waals surface area contributed by atoms with E-state index in [1.54, 1.807) is 6.07 Å². The van der Waals surface area contributed by atoms with Crippen LogP contribution in [0.15, 0.2) is 54.6 Å². The number of pyridine rings is 1. The quantitative estimate of drug-likeness (QED) is 0.192. The highest BCUT2D eigenvalue weighted by molar-refractivity contribution is 7.22. The third-order valence-corrected chi connectivity index (χ3v) is 11.3. The van der Waals surface area contributed by atoms with Gasteiger partial charge in [-0.15, -0.1) is 5.10 Å². The third-order valence-electron chi connectivity index (χ3n) is 10.3. The minimum absolute atomic E-state index is 0.0765. The molecule has 3 aromatic heterocycles. The van der Waals surface area contributed by atoms with Crippen molar-refractivity contribution in [2.75, 3.05) is 16.8 Å². The summed E-state index contributed by atoms with van der Waals surface area (Å²) in [5.41, 5.74) is 4.76. The molecule has 12 heteroatoms. The Morgan fingerprint density at radius 2 is 1.84 bits per heavy atom. The van der Waals surface area contributed by atoms with Gasteiger partial charge in [-0.2, -0.15) is 0 Å². The fourth-order valence-corrected chi connectivity index (χ4v) is 9.18. The van der Waals surface area contributed by atoms with Crippen molar-refractivity contribution in [1.29, 1.82) is 0 Å². The van der Waals surface area contributed by atoms with Crippen molar-refractivity contribution in [3.05, 3.63) is 82.7 Å². The fourth-order valence-electron chi connectivity index (χ4n) is 8.32. The molecule has 2 atom stereocenters. The van der Waals surface area contributed by atoms with Gasteiger partial charge < -0.3 is 14.7 Å². The summed E-state index contributed by atoms with van der Waals surface area (Å²) < 4.78 is 9.52. The average Bonchev–Trinajstić information content (AvgIpc) is 3.64. The second-order valence-corrected chi connectivity index (χ2v) is 15.2. The first-order valence-corrected chi connectivity index (χ1v) is 17.8. The second kappa shape index (κ2) is 12.3.